The maximum Gasteiger partial charge on any atom is 0.126 e. The molecule has 6 heteroatoms. The van der Waals surface area contributed by atoms with E-state index < -0.39 is 0 Å². The molecule has 18 heavy (non-hydrogen) atoms. The molecular weight excluding hydrogens is 253 g/mol. The molecule has 0 fully saturated rings. The zero-order valence-electron chi connectivity index (χ0n) is 10.1. The Morgan fingerprint density at radius 2 is 2.22 bits per heavy atom. The molecule has 2 rings (SSSR count). The number of aliphatic hydroxyl groups is 1. The first kappa shape index (κ1) is 13.4. The largest absolute Gasteiger partial charge is 0.392 e. The van der Waals surface area contributed by atoms with E-state index in [0.29, 0.717) is 17.5 Å². The van der Waals surface area contributed by atoms with Crippen LogP contribution in [0.25, 0.3) is 0 Å². The molecule has 1 aliphatic heterocycles. The second-order valence-electron chi connectivity index (χ2n) is 3.99. The lowest BCUT2D eigenvalue weighted by molar-refractivity contribution is 0.281. The van der Waals surface area contributed by atoms with Gasteiger partial charge in [-0.05, 0) is 36.3 Å². The van der Waals surface area contributed by atoms with Crippen LogP contribution in [-0.4, -0.2) is 16.4 Å². The molecule has 1 aromatic carbocycles. The Hall–Kier alpha value is -1.08. The summed E-state index contributed by atoms with van der Waals surface area (Å²) in [6, 6.07) is 4.88. The van der Waals surface area contributed by atoms with Gasteiger partial charge in [0.15, 0.2) is 0 Å². The molecule has 0 bridgehead atoms. The van der Waals surface area contributed by atoms with Gasteiger partial charge in [-0.25, -0.2) is 4.39 Å². The second-order valence-corrected chi connectivity index (χ2v) is 4.60. The highest BCUT2D eigenvalue weighted by atomic mass is 32.2. The fourth-order valence-electron chi connectivity index (χ4n) is 1.66. The van der Waals surface area contributed by atoms with Crippen molar-refractivity contribution in [3.8, 4) is 0 Å². The third-order valence-electron chi connectivity index (χ3n) is 2.74. The molecule has 0 atom stereocenters. The van der Waals surface area contributed by atoms with Crippen molar-refractivity contribution in [3.05, 3.63) is 47.0 Å². The zero-order valence-corrected chi connectivity index (χ0v) is 10.9. The molecule has 0 saturated carbocycles. The van der Waals surface area contributed by atoms with Crippen LogP contribution in [0.15, 0.2) is 30.1 Å². The summed E-state index contributed by atoms with van der Waals surface area (Å²) in [4.78, 5) is 2.90. The Kier molecular flexibility index (Phi) is 4.60. The third kappa shape index (κ3) is 3.46. The number of allylic oxidation sites excluding steroid dienone is 1. The SMILES string of the molecule is CSNNN1C=C1CCc1ccc(CO)cc1F. The van der Waals surface area contributed by atoms with Crippen LogP contribution in [0.4, 0.5) is 4.39 Å². The summed E-state index contributed by atoms with van der Waals surface area (Å²) < 4.78 is 13.6. The van der Waals surface area contributed by atoms with Crippen LogP contribution in [-0.2, 0) is 13.0 Å². The molecule has 0 unspecified atom stereocenters. The molecule has 4 nitrogen and oxygen atoms in total. The van der Waals surface area contributed by atoms with Crippen molar-refractivity contribution in [3.63, 3.8) is 0 Å². The van der Waals surface area contributed by atoms with Gasteiger partial charge in [-0.2, -0.15) is 10.4 Å². The van der Waals surface area contributed by atoms with Gasteiger partial charge in [-0.3, -0.25) is 5.01 Å². The van der Waals surface area contributed by atoms with Gasteiger partial charge in [0.25, 0.3) is 0 Å². The Morgan fingerprint density at radius 3 is 2.89 bits per heavy atom. The van der Waals surface area contributed by atoms with Gasteiger partial charge >= 0.3 is 0 Å². The van der Waals surface area contributed by atoms with E-state index in [-0.39, 0.29) is 12.4 Å². The standard InChI is InChI=1S/C12H16FN3OS/c1-18-15-14-16-7-11(16)5-4-10-3-2-9(8-17)6-12(10)13/h2-3,6-7,14-15,17H,4-5,8H2,1H3. The number of hydrazine groups is 2. The van der Waals surface area contributed by atoms with E-state index in [1.165, 1.54) is 18.0 Å². The number of nitrogens with one attached hydrogen (secondary N) is 2. The van der Waals surface area contributed by atoms with Crippen LogP contribution in [0, 0.1) is 5.82 Å². The molecule has 1 aromatic rings. The highest BCUT2D eigenvalue weighted by molar-refractivity contribution is 7.96. The highest BCUT2D eigenvalue weighted by Crippen LogP contribution is 2.24. The average Bonchev–Trinajstić information content (AvgIpc) is 3.13. The van der Waals surface area contributed by atoms with Gasteiger partial charge in [-0.1, -0.05) is 24.1 Å². The van der Waals surface area contributed by atoms with E-state index in [9.17, 15) is 4.39 Å². The van der Waals surface area contributed by atoms with Gasteiger partial charge in [0.2, 0.25) is 0 Å². The van der Waals surface area contributed by atoms with Crippen LogP contribution in [0.3, 0.4) is 0 Å². The first-order chi connectivity index (χ1) is 8.74. The summed E-state index contributed by atoms with van der Waals surface area (Å²) in [6.45, 7) is -0.125. The molecule has 98 valence electrons. The number of rotatable bonds is 7. The fraction of sp³-hybridized carbons (Fsp3) is 0.333. The van der Waals surface area contributed by atoms with E-state index in [0.717, 1.165) is 12.1 Å². The van der Waals surface area contributed by atoms with Gasteiger partial charge in [0.05, 0.1) is 12.3 Å². The number of aliphatic hydroxyl groups excluding tert-OH is 1. The van der Waals surface area contributed by atoms with Gasteiger partial charge in [0, 0.05) is 6.20 Å². The minimum atomic E-state index is -0.246. The summed E-state index contributed by atoms with van der Waals surface area (Å²) in [6.07, 6.45) is 5.33. The lowest BCUT2D eigenvalue weighted by Crippen LogP contribution is -2.31. The minimum Gasteiger partial charge on any atom is -0.392 e. The Labute approximate surface area is 110 Å². The summed E-state index contributed by atoms with van der Waals surface area (Å²) in [5, 5.41) is 10.8. The van der Waals surface area contributed by atoms with Gasteiger partial charge < -0.3 is 5.11 Å². The summed E-state index contributed by atoms with van der Waals surface area (Å²) in [5.74, 6) is -0.246. The zero-order chi connectivity index (χ0) is 13.0. The molecule has 0 radical (unpaired) electrons. The number of hydrogen-bond donors (Lipinski definition) is 3. The predicted molar refractivity (Wildman–Crippen MR) is 70.4 cm³/mol. The second kappa shape index (κ2) is 6.19. The van der Waals surface area contributed by atoms with Crippen molar-refractivity contribution >= 4 is 11.9 Å². The van der Waals surface area contributed by atoms with Crippen molar-refractivity contribution in [2.24, 2.45) is 0 Å². The number of hydrogen-bond acceptors (Lipinski definition) is 5. The quantitative estimate of drug-likeness (QED) is 0.519. The first-order valence-corrected chi connectivity index (χ1v) is 6.89. The number of aryl methyl sites for hydroxylation is 1. The van der Waals surface area contributed by atoms with E-state index in [1.807, 2.05) is 17.5 Å². The molecule has 0 spiro atoms. The summed E-state index contributed by atoms with van der Waals surface area (Å²) in [5.41, 5.74) is 5.38. The Morgan fingerprint density at radius 1 is 1.39 bits per heavy atom. The normalized spacial score (nSPS) is 13.7. The molecule has 0 aliphatic carbocycles. The monoisotopic (exact) mass is 269 g/mol. The Balaban J connectivity index is 1.79. The van der Waals surface area contributed by atoms with E-state index in [1.54, 1.807) is 12.1 Å². The summed E-state index contributed by atoms with van der Waals surface area (Å²) in [7, 11) is 0. The van der Waals surface area contributed by atoms with Crippen LogP contribution in [0.5, 0.6) is 0 Å². The molecule has 1 aliphatic rings. The smallest absolute Gasteiger partial charge is 0.126 e. The highest BCUT2D eigenvalue weighted by Gasteiger charge is 2.20. The van der Waals surface area contributed by atoms with Crippen molar-refractivity contribution in [1.82, 2.24) is 15.4 Å². The summed E-state index contributed by atoms with van der Waals surface area (Å²) >= 11 is 1.47. The lowest BCUT2D eigenvalue weighted by atomic mass is 10.1. The predicted octanol–water partition coefficient (Wildman–Crippen LogP) is 1.69. The van der Waals surface area contributed by atoms with E-state index in [4.69, 9.17) is 5.11 Å². The lowest BCUT2D eigenvalue weighted by Gasteiger charge is -2.08. The Bertz CT molecular complexity index is 453. The van der Waals surface area contributed by atoms with Crippen LogP contribution in [0.2, 0.25) is 0 Å². The molecular formula is C12H16FN3OS. The fourth-order valence-corrected chi connectivity index (χ4v) is 1.85. The topological polar surface area (TPSA) is 47.3 Å². The van der Waals surface area contributed by atoms with Crippen molar-refractivity contribution in [1.29, 1.82) is 0 Å². The van der Waals surface area contributed by atoms with Crippen LogP contribution in [0.1, 0.15) is 17.5 Å². The van der Waals surface area contributed by atoms with Crippen LogP contribution < -0.4 is 10.4 Å². The maximum absolute atomic E-state index is 13.6. The van der Waals surface area contributed by atoms with E-state index in [2.05, 4.69) is 10.4 Å². The molecule has 3 N–H and O–H groups in total. The first-order valence-electron chi connectivity index (χ1n) is 5.66. The minimum absolute atomic E-state index is 0.125. The maximum atomic E-state index is 13.6. The molecule has 0 aromatic heterocycles. The third-order valence-corrected chi connectivity index (χ3v) is 3.03. The van der Waals surface area contributed by atoms with Crippen molar-refractivity contribution in [2.75, 3.05) is 6.26 Å². The van der Waals surface area contributed by atoms with Crippen molar-refractivity contribution in [2.45, 2.75) is 19.4 Å². The number of benzene rings is 1. The molecule has 0 saturated heterocycles. The van der Waals surface area contributed by atoms with Gasteiger partial charge in [0.1, 0.15) is 5.82 Å². The van der Waals surface area contributed by atoms with Crippen molar-refractivity contribution < 1.29 is 9.50 Å². The average molecular weight is 269 g/mol. The molecule has 1 heterocycles. The molecule has 0 amide bonds. The number of halogens is 1. The number of nitrogens with zero attached hydrogens (tertiary/aromatic N) is 1. The van der Waals surface area contributed by atoms with Crippen LogP contribution >= 0.6 is 11.9 Å². The van der Waals surface area contributed by atoms with Gasteiger partial charge in [-0.15, -0.1) is 0 Å². The van der Waals surface area contributed by atoms with E-state index >= 15 is 0 Å².